The minimum absolute atomic E-state index is 0.0733. The summed E-state index contributed by atoms with van der Waals surface area (Å²) in [5.74, 6) is 0.784. The zero-order valence-electron chi connectivity index (χ0n) is 13.9. The predicted molar refractivity (Wildman–Crippen MR) is 100 cm³/mol. The van der Waals surface area contributed by atoms with E-state index in [0.717, 1.165) is 5.82 Å². The molecule has 8 heteroatoms. The van der Waals surface area contributed by atoms with Gasteiger partial charge in [-0.2, -0.15) is 0 Å². The van der Waals surface area contributed by atoms with Crippen LogP contribution in [0.25, 0.3) is 6.08 Å². The molecule has 2 heterocycles. The molecule has 0 unspecified atom stereocenters. The Morgan fingerprint density at radius 3 is 2.62 bits per heavy atom. The molecule has 1 aliphatic rings. The summed E-state index contributed by atoms with van der Waals surface area (Å²) in [5, 5.41) is 11.0. The van der Waals surface area contributed by atoms with Crippen molar-refractivity contribution in [2.24, 2.45) is 0 Å². The number of rotatable bonds is 4. The lowest BCUT2D eigenvalue weighted by Crippen LogP contribution is -2.48. The Bertz CT molecular complexity index is 834. The van der Waals surface area contributed by atoms with Crippen LogP contribution in [0.15, 0.2) is 48.7 Å². The van der Waals surface area contributed by atoms with E-state index in [-0.39, 0.29) is 16.6 Å². The van der Waals surface area contributed by atoms with E-state index in [0.29, 0.717) is 31.7 Å². The molecule has 1 saturated heterocycles. The maximum atomic E-state index is 12.3. The SMILES string of the molecule is O=C(/C=C/c1ccc(Cl)c([N+](=O)[O-])c1)N1CCN(c2ccccn2)CC1. The molecule has 0 radical (unpaired) electrons. The molecule has 1 fully saturated rings. The third-order valence-corrected chi connectivity index (χ3v) is 4.47. The summed E-state index contributed by atoms with van der Waals surface area (Å²) < 4.78 is 0. The van der Waals surface area contributed by atoms with Crippen LogP contribution < -0.4 is 4.90 Å². The quantitative estimate of drug-likeness (QED) is 0.468. The van der Waals surface area contributed by atoms with Crippen molar-refractivity contribution in [3.05, 3.63) is 69.4 Å². The van der Waals surface area contributed by atoms with Gasteiger partial charge in [-0.3, -0.25) is 14.9 Å². The maximum absolute atomic E-state index is 12.3. The molecule has 0 aliphatic carbocycles. The Hall–Kier alpha value is -2.93. The van der Waals surface area contributed by atoms with Crippen molar-refractivity contribution in [3.8, 4) is 0 Å². The summed E-state index contributed by atoms with van der Waals surface area (Å²) in [6, 6.07) is 10.2. The fraction of sp³-hybridized carbons (Fsp3) is 0.222. The van der Waals surface area contributed by atoms with Gasteiger partial charge in [0, 0.05) is 44.5 Å². The average Bonchev–Trinajstić information content (AvgIpc) is 2.67. The lowest BCUT2D eigenvalue weighted by Gasteiger charge is -2.34. The molecule has 3 rings (SSSR count). The first-order valence-corrected chi connectivity index (χ1v) is 8.49. The molecule has 0 saturated carbocycles. The number of hydrogen-bond acceptors (Lipinski definition) is 5. The molecule has 1 aromatic heterocycles. The number of anilines is 1. The first kappa shape index (κ1) is 17.9. The maximum Gasteiger partial charge on any atom is 0.288 e. The second-order valence-corrected chi connectivity index (χ2v) is 6.21. The van der Waals surface area contributed by atoms with Crippen LogP contribution in [0.3, 0.4) is 0 Å². The van der Waals surface area contributed by atoms with Crippen molar-refractivity contribution < 1.29 is 9.72 Å². The van der Waals surface area contributed by atoms with Gasteiger partial charge in [-0.25, -0.2) is 4.98 Å². The van der Waals surface area contributed by atoms with Gasteiger partial charge in [0.25, 0.3) is 5.69 Å². The molecule has 2 aromatic rings. The van der Waals surface area contributed by atoms with Crippen molar-refractivity contribution in [3.63, 3.8) is 0 Å². The summed E-state index contributed by atoms with van der Waals surface area (Å²) in [6.07, 6.45) is 4.75. The van der Waals surface area contributed by atoms with Crippen molar-refractivity contribution in [1.82, 2.24) is 9.88 Å². The van der Waals surface area contributed by atoms with Crippen LogP contribution in [0.5, 0.6) is 0 Å². The highest BCUT2D eigenvalue weighted by Gasteiger charge is 2.20. The van der Waals surface area contributed by atoms with E-state index in [1.54, 1.807) is 23.2 Å². The Morgan fingerprint density at radius 2 is 1.96 bits per heavy atom. The van der Waals surface area contributed by atoms with Crippen LogP contribution >= 0.6 is 11.6 Å². The predicted octanol–water partition coefficient (Wildman–Crippen LogP) is 3.01. The van der Waals surface area contributed by atoms with Crippen LogP contribution in [0.1, 0.15) is 5.56 Å². The number of hydrogen-bond donors (Lipinski definition) is 0. The normalized spacial score (nSPS) is 14.7. The molecular formula is C18H17ClN4O3. The summed E-state index contributed by atoms with van der Waals surface area (Å²) in [5.41, 5.74) is 0.381. The molecule has 0 bridgehead atoms. The number of carbonyl (C=O) groups is 1. The Balaban J connectivity index is 1.60. The Labute approximate surface area is 155 Å². The highest BCUT2D eigenvalue weighted by Crippen LogP contribution is 2.25. The highest BCUT2D eigenvalue weighted by molar-refractivity contribution is 6.32. The zero-order valence-corrected chi connectivity index (χ0v) is 14.7. The molecule has 7 nitrogen and oxygen atoms in total. The molecule has 1 aromatic carbocycles. The first-order valence-electron chi connectivity index (χ1n) is 8.11. The number of aromatic nitrogens is 1. The fourth-order valence-electron chi connectivity index (χ4n) is 2.74. The number of pyridine rings is 1. The molecule has 0 N–H and O–H groups in total. The largest absolute Gasteiger partial charge is 0.353 e. The summed E-state index contributed by atoms with van der Waals surface area (Å²) in [6.45, 7) is 2.62. The summed E-state index contributed by atoms with van der Waals surface area (Å²) in [7, 11) is 0. The topological polar surface area (TPSA) is 79.6 Å². The van der Waals surface area contributed by atoms with Gasteiger partial charge in [0.1, 0.15) is 10.8 Å². The number of benzene rings is 1. The van der Waals surface area contributed by atoms with Crippen LogP contribution in [-0.4, -0.2) is 46.9 Å². The van der Waals surface area contributed by atoms with Crippen LogP contribution in [0.4, 0.5) is 11.5 Å². The molecule has 1 aliphatic heterocycles. The van der Waals surface area contributed by atoms with Crippen molar-refractivity contribution >= 4 is 35.1 Å². The van der Waals surface area contributed by atoms with E-state index >= 15 is 0 Å². The van der Waals surface area contributed by atoms with Crippen molar-refractivity contribution in [2.45, 2.75) is 0 Å². The second kappa shape index (κ2) is 7.97. The van der Waals surface area contributed by atoms with E-state index in [1.807, 2.05) is 18.2 Å². The van der Waals surface area contributed by atoms with E-state index < -0.39 is 4.92 Å². The minimum atomic E-state index is -0.543. The van der Waals surface area contributed by atoms with E-state index in [9.17, 15) is 14.9 Å². The first-order chi connectivity index (χ1) is 12.5. The van der Waals surface area contributed by atoms with E-state index in [1.165, 1.54) is 18.2 Å². The number of amides is 1. The standard InChI is InChI=1S/C18H17ClN4O3/c19-15-6-4-14(13-16(15)23(25)26)5-7-18(24)22-11-9-21(10-12-22)17-3-1-2-8-20-17/h1-8,13H,9-12H2/b7-5+. The minimum Gasteiger partial charge on any atom is -0.353 e. The monoisotopic (exact) mass is 372 g/mol. The number of halogens is 1. The van der Waals surface area contributed by atoms with E-state index in [4.69, 9.17) is 11.6 Å². The van der Waals surface area contributed by atoms with Crippen molar-refractivity contribution in [1.29, 1.82) is 0 Å². The van der Waals surface area contributed by atoms with E-state index in [2.05, 4.69) is 9.88 Å². The Kier molecular flexibility index (Phi) is 5.48. The van der Waals surface area contributed by atoms with Gasteiger partial charge in [-0.15, -0.1) is 0 Å². The van der Waals surface area contributed by atoms with Crippen LogP contribution in [-0.2, 0) is 4.79 Å². The van der Waals surface area contributed by atoms with Gasteiger partial charge >= 0.3 is 0 Å². The number of piperazine rings is 1. The van der Waals surface area contributed by atoms with Crippen LogP contribution in [0, 0.1) is 10.1 Å². The summed E-state index contributed by atoms with van der Waals surface area (Å²) >= 11 is 5.79. The molecule has 1 amide bonds. The number of nitrogens with zero attached hydrogens (tertiary/aromatic N) is 4. The zero-order chi connectivity index (χ0) is 18.5. The van der Waals surface area contributed by atoms with Gasteiger partial charge in [-0.1, -0.05) is 23.7 Å². The summed E-state index contributed by atoms with van der Waals surface area (Å²) in [4.78, 5) is 30.9. The average molecular weight is 373 g/mol. The lowest BCUT2D eigenvalue weighted by atomic mass is 10.2. The molecular weight excluding hydrogens is 356 g/mol. The molecule has 0 atom stereocenters. The number of nitro groups is 1. The van der Waals surface area contributed by atoms with Gasteiger partial charge in [0.2, 0.25) is 5.91 Å². The highest BCUT2D eigenvalue weighted by atomic mass is 35.5. The van der Waals surface area contributed by atoms with Crippen LogP contribution in [0.2, 0.25) is 5.02 Å². The number of nitro benzene ring substituents is 1. The number of carbonyl (C=O) groups excluding carboxylic acids is 1. The van der Waals surface area contributed by atoms with Crippen molar-refractivity contribution in [2.75, 3.05) is 31.1 Å². The Morgan fingerprint density at radius 1 is 1.19 bits per heavy atom. The second-order valence-electron chi connectivity index (χ2n) is 5.80. The third kappa shape index (κ3) is 4.18. The smallest absolute Gasteiger partial charge is 0.288 e. The molecule has 26 heavy (non-hydrogen) atoms. The molecule has 134 valence electrons. The van der Waals surface area contributed by atoms with Gasteiger partial charge in [-0.05, 0) is 29.8 Å². The fourth-order valence-corrected chi connectivity index (χ4v) is 2.93. The van der Waals surface area contributed by atoms with Gasteiger partial charge in [0.05, 0.1) is 4.92 Å². The third-order valence-electron chi connectivity index (χ3n) is 4.15. The van der Waals surface area contributed by atoms with Gasteiger partial charge in [0.15, 0.2) is 0 Å². The van der Waals surface area contributed by atoms with Gasteiger partial charge < -0.3 is 9.80 Å². The molecule has 0 spiro atoms. The lowest BCUT2D eigenvalue weighted by molar-refractivity contribution is -0.384.